The van der Waals surface area contributed by atoms with Crippen LogP contribution in [0.15, 0.2) is 24.4 Å². The first-order chi connectivity index (χ1) is 13.6. The van der Waals surface area contributed by atoms with Gasteiger partial charge in [0.15, 0.2) is 11.6 Å². The third-order valence-electron chi connectivity index (χ3n) is 5.42. The fourth-order valence-electron chi connectivity index (χ4n) is 3.87. The Morgan fingerprint density at radius 3 is 2.93 bits per heavy atom. The fourth-order valence-corrected chi connectivity index (χ4v) is 3.87. The van der Waals surface area contributed by atoms with Crippen molar-refractivity contribution >= 4 is 6.03 Å². The van der Waals surface area contributed by atoms with Crippen molar-refractivity contribution in [3.8, 4) is 11.8 Å². The highest BCUT2D eigenvalue weighted by molar-refractivity contribution is 5.74. The number of aromatic amines is 1. The maximum atomic E-state index is 14.0. The zero-order chi connectivity index (χ0) is 19.5. The van der Waals surface area contributed by atoms with Gasteiger partial charge >= 0.3 is 6.03 Å². The summed E-state index contributed by atoms with van der Waals surface area (Å²) in [6, 6.07) is 5.98. The molecule has 1 aromatic heterocycles. The van der Waals surface area contributed by atoms with E-state index in [1.807, 2.05) is 12.3 Å². The van der Waals surface area contributed by atoms with E-state index in [0.717, 1.165) is 25.0 Å². The topological polar surface area (TPSA) is 94.0 Å². The number of benzene rings is 1. The first-order valence-corrected chi connectivity index (χ1v) is 9.58. The van der Waals surface area contributed by atoms with Crippen LogP contribution in [-0.2, 0) is 6.42 Å². The van der Waals surface area contributed by atoms with Crippen LogP contribution in [0, 0.1) is 17.1 Å². The quantitative estimate of drug-likeness (QED) is 0.852. The van der Waals surface area contributed by atoms with Crippen molar-refractivity contribution in [1.82, 2.24) is 20.4 Å². The number of fused-ring (bicyclic) bond motifs is 1. The number of nitriles is 1. The second kappa shape index (κ2) is 7.89. The van der Waals surface area contributed by atoms with E-state index in [9.17, 15) is 9.18 Å². The largest absolute Gasteiger partial charge is 0.487 e. The first kappa shape index (κ1) is 18.3. The van der Waals surface area contributed by atoms with Crippen LogP contribution in [0.5, 0.6) is 5.75 Å². The van der Waals surface area contributed by atoms with Crippen LogP contribution in [0.4, 0.5) is 9.18 Å². The molecule has 2 heterocycles. The minimum absolute atomic E-state index is 0.0273. The van der Waals surface area contributed by atoms with Gasteiger partial charge in [-0.25, -0.2) is 9.18 Å². The van der Waals surface area contributed by atoms with Gasteiger partial charge in [0.25, 0.3) is 0 Å². The number of ether oxygens (including phenoxy) is 1. The van der Waals surface area contributed by atoms with Gasteiger partial charge in [0.2, 0.25) is 0 Å². The number of halogens is 1. The van der Waals surface area contributed by atoms with Crippen LogP contribution >= 0.6 is 0 Å². The van der Waals surface area contributed by atoms with Crippen LogP contribution in [-0.4, -0.2) is 40.3 Å². The molecule has 28 heavy (non-hydrogen) atoms. The number of carbonyl (C=O) groups excluding carboxylic acids is 1. The summed E-state index contributed by atoms with van der Waals surface area (Å²) in [5, 5.41) is 19.0. The van der Waals surface area contributed by atoms with Gasteiger partial charge in [-0.3, -0.25) is 5.10 Å². The molecule has 1 saturated heterocycles. The molecule has 8 heteroatoms. The van der Waals surface area contributed by atoms with E-state index in [-0.39, 0.29) is 29.5 Å². The molecule has 1 unspecified atom stereocenters. The summed E-state index contributed by atoms with van der Waals surface area (Å²) in [5.74, 6) is -0.386. The first-order valence-electron chi connectivity index (χ1n) is 9.58. The summed E-state index contributed by atoms with van der Waals surface area (Å²) < 4.78 is 19.7. The van der Waals surface area contributed by atoms with Gasteiger partial charge in [-0.05, 0) is 43.0 Å². The predicted octanol–water partition coefficient (Wildman–Crippen LogP) is 3.05. The number of aromatic nitrogens is 2. The number of nitrogens with one attached hydrogen (secondary N) is 2. The molecule has 0 saturated carbocycles. The summed E-state index contributed by atoms with van der Waals surface area (Å²) >= 11 is 0. The Morgan fingerprint density at radius 2 is 2.18 bits per heavy atom. The summed E-state index contributed by atoms with van der Waals surface area (Å²) in [5.41, 5.74) is 2.45. The van der Waals surface area contributed by atoms with Gasteiger partial charge in [0.05, 0.1) is 29.6 Å². The molecule has 0 spiro atoms. The zero-order valence-corrected chi connectivity index (χ0v) is 15.4. The van der Waals surface area contributed by atoms with Crippen LogP contribution < -0.4 is 10.1 Å². The Hall–Kier alpha value is -3.08. The number of hydrogen-bond acceptors (Lipinski definition) is 4. The summed E-state index contributed by atoms with van der Waals surface area (Å²) in [6.07, 6.45) is 5.87. The molecular formula is C20H22FN5O2. The number of aryl methyl sites for hydroxylation is 1. The standard InChI is InChI=1S/C20H22FN5O2/c21-16-10-13(11-22)4-5-18(16)28-15-6-8-26(9-7-15)20(27)24-17-3-1-2-14-12-23-25-19(14)17/h4-5,10,12,15,17H,1-3,6-9H2,(H,23,25)(H,24,27). The predicted molar refractivity (Wildman–Crippen MR) is 99.1 cm³/mol. The number of amides is 2. The highest BCUT2D eigenvalue weighted by Gasteiger charge is 2.28. The lowest BCUT2D eigenvalue weighted by atomic mass is 9.94. The molecule has 1 fully saturated rings. The van der Waals surface area contributed by atoms with Crippen LogP contribution in [0.25, 0.3) is 0 Å². The molecule has 146 valence electrons. The highest BCUT2D eigenvalue weighted by atomic mass is 19.1. The minimum Gasteiger partial charge on any atom is -0.487 e. The molecule has 2 N–H and O–H groups in total. The van der Waals surface area contributed by atoms with E-state index in [4.69, 9.17) is 10.00 Å². The molecule has 1 atom stereocenters. The van der Waals surface area contributed by atoms with Crippen molar-refractivity contribution in [1.29, 1.82) is 5.26 Å². The van der Waals surface area contributed by atoms with Crippen molar-refractivity contribution in [2.45, 2.75) is 44.2 Å². The summed E-state index contributed by atoms with van der Waals surface area (Å²) in [7, 11) is 0. The van der Waals surface area contributed by atoms with E-state index in [1.54, 1.807) is 4.90 Å². The molecule has 0 radical (unpaired) electrons. The molecule has 1 aliphatic heterocycles. The van der Waals surface area contributed by atoms with Gasteiger partial charge in [-0.15, -0.1) is 0 Å². The Labute approximate surface area is 162 Å². The van der Waals surface area contributed by atoms with Gasteiger partial charge in [-0.2, -0.15) is 10.4 Å². The second-order valence-electron chi connectivity index (χ2n) is 7.26. The molecule has 4 rings (SSSR count). The zero-order valence-electron chi connectivity index (χ0n) is 15.4. The lowest BCUT2D eigenvalue weighted by Gasteiger charge is -2.34. The molecule has 2 aliphatic rings. The number of hydrogen-bond donors (Lipinski definition) is 2. The molecule has 1 aliphatic carbocycles. The Morgan fingerprint density at radius 1 is 1.36 bits per heavy atom. The monoisotopic (exact) mass is 383 g/mol. The molecule has 2 aromatic rings. The molecule has 1 aromatic carbocycles. The molecular weight excluding hydrogens is 361 g/mol. The number of rotatable bonds is 3. The minimum atomic E-state index is -0.535. The smallest absolute Gasteiger partial charge is 0.317 e. The van der Waals surface area contributed by atoms with E-state index in [2.05, 4.69) is 15.5 Å². The van der Waals surface area contributed by atoms with Gasteiger partial charge in [0, 0.05) is 25.9 Å². The Bertz CT molecular complexity index is 898. The van der Waals surface area contributed by atoms with Gasteiger partial charge in [0.1, 0.15) is 6.10 Å². The number of likely N-dealkylation sites (tertiary alicyclic amines) is 1. The molecule has 7 nitrogen and oxygen atoms in total. The third-order valence-corrected chi connectivity index (χ3v) is 5.42. The third kappa shape index (κ3) is 3.79. The van der Waals surface area contributed by atoms with E-state index in [1.165, 1.54) is 23.8 Å². The SMILES string of the molecule is N#Cc1ccc(OC2CCN(C(=O)NC3CCCc4cn[nH]c43)CC2)c(F)c1. The van der Waals surface area contributed by atoms with Crippen LogP contribution in [0.2, 0.25) is 0 Å². The van der Waals surface area contributed by atoms with E-state index >= 15 is 0 Å². The van der Waals surface area contributed by atoms with Crippen molar-refractivity contribution in [2.75, 3.05) is 13.1 Å². The molecule has 0 bridgehead atoms. The van der Waals surface area contributed by atoms with E-state index in [0.29, 0.717) is 25.9 Å². The Kier molecular flexibility index (Phi) is 5.15. The van der Waals surface area contributed by atoms with Crippen LogP contribution in [0.3, 0.4) is 0 Å². The van der Waals surface area contributed by atoms with E-state index < -0.39 is 5.82 Å². The number of urea groups is 1. The van der Waals surface area contributed by atoms with Gasteiger partial charge < -0.3 is 15.0 Å². The summed E-state index contributed by atoms with van der Waals surface area (Å²) in [4.78, 5) is 14.4. The number of H-pyrrole nitrogens is 1. The number of piperidine rings is 1. The van der Waals surface area contributed by atoms with Crippen molar-refractivity contribution in [3.05, 3.63) is 47.0 Å². The maximum absolute atomic E-state index is 14.0. The number of carbonyl (C=O) groups is 1. The van der Waals surface area contributed by atoms with Crippen molar-refractivity contribution in [3.63, 3.8) is 0 Å². The highest BCUT2D eigenvalue weighted by Crippen LogP contribution is 2.28. The van der Waals surface area contributed by atoms with Gasteiger partial charge in [-0.1, -0.05) is 0 Å². The molecule has 2 amide bonds. The lowest BCUT2D eigenvalue weighted by molar-refractivity contribution is 0.106. The normalized spacial score (nSPS) is 19.6. The lowest BCUT2D eigenvalue weighted by Crippen LogP contribution is -2.47. The maximum Gasteiger partial charge on any atom is 0.317 e. The average Bonchev–Trinajstić information content (AvgIpc) is 3.20. The Balaban J connectivity index is 1.30. The second-order valence-corrected chi connectivity index (χ2v) is 7.26. The summed E-state index contributed by atoms with van der Waals surface area (Å²) in [6.45, 7) is 1.11. The van der Waals surface area contributed by atoms with Crippen molar-refractivity contribution < 1.29 is 13.9 Å². The average molecular weight is 383 g/mol. The number of nitrogens with zero attached hydrogens (tertiary/aromatic N) is 3. The van der Waals surface area contributed by atoms with Crippen molar-refractivity contribution in [2.24, 2.45) is 0 Å². The van der Waals surface area contributed by atoms with Crippen LogP contribution in [0.1, 0.15) is 48.5 Å². The fraction of sp³-hybridized carbons (Fsp3) is 0.450.